The molecule has 5 nitrogen and oxygen atoms in total. The van der Waals surface area contributed by atoms with E-state index in [9.17, 15) is 4.39 Å². The number of nitrogens with zero attached hydrogens (tertiary/aromatic N) is 2. The van der Waals surface area contributed by atoms with Crippen LogP contribution < -0.4 is 15.4 Å². The number of anilines is 4. The number of rotatable bonds is 5. The number of aromatic nitrogens is 2. The van der Waals surface area contributed by atoms with Gasteiger partial charge in [0.15, 0.2) is 0 Å². The maximum Gasteiger partial charge on any atom is 0.229 e. The van der Waals surface area contributed by atoms with Gasteiger partial charge < -0.3 is 15.4 Å². The van der Waals surface area contributed by atoms with Gasteiger partial charge in [0.05, 0.1) is 12.8 Å². The number of nitrogens with one attached hydrogen (secondary N) is 2. The molecule has 134 valence electrons. The molecule has 2 N–H and O–H groups in total. The minimum atomic E-state index is -0.290. The van der Waals surface area contributed by atoms with Crippen molar-refractivity contribution in [1.82, 2.24) is 9.97 Å². The molecule has 0 bridgehead atoms. The van der Waals surface area contributed by atoms with Crippen LogP contribution in [0.5, 0.6) is 5.75 Å². The fourth-order valence-corrected chi connectivity index (χ4v) is 2.57. The van der Waals surface area contributed by atoms with Crippen LogP contribution in [0.2, 0.25) is 5.02 Å². The summed E-state index contributed by atoms with van der Waals surface area (Å²) in [7, 11) is 1.57. The van der Waals surface area contributed by atoms with Crippen LogP contribution in [-0.4, -0.2) is 17.1 Å². The topological polar surface area (TPSA) is 59.1 Å². The molecule has 26 heavy (non-hydrogen) atoms. The molecule has 2 aromatic carbocycles. The number of hydrogen-bond donors (Lipinski definition) is 2. The molecule has 0 aliphatic rings. The van der Waals surface area contributed by atoms with Crippen molar-refractivity contribution in [3.05, 3.63) is 64.6 Å². The van der Waals surface area contributed by atoms with Crippen LogP contribution in [0.25, 0.3) is 0 Å². The highest BCUT2D eigenvalue weighted by atomic mass is 35.5. The van der Waals surface area contributed by atoms with E-state index >= 15 is 0 Å². The van der Waals surface area contributed by atoms with Crippen molar-refractivity contribution in [1.29, 1.82) is 0 Å². The van der Waals surface area contributed by atoms with Gasteiger partial charge in [-0.2, -0.15) is 4.98 Å². The normalized spacial score (nSPS) is 10.5. The van der Waals surface area contributed by atoms with Crippen LogP contribution in [0.15, 0.2) is 42.5 Å². The molecule has 1 aromatic heterocycles. The number of hydrogen-bond acceptors (Lipinski definition) is 5. The minimum absolute atomic E-state index is 0.290. The standard InChI is InChI=1S/C19H18ClFN4O/c1-11-8-16(17(26-3)10-15(11)20)24-19-22-12(2)9-18(25-19)23-14-6-4-13(21)5-7-14/h4-10H,1-3H3,(H2,22,23,24,25). The second-order valence-corrected chi connectivity index (χ2v) is 6.18. The van der Waals surface area contributed by atoms with E-state index in [0.29, 0.717) is 28.2 Å². The molecule has 0 saturated carbocycles. The van der Waals surface area contributed by atoms with E-state index in [1.165, 1.54) is 12.1 Å². The SMILES string of the molecule is COc1cc(Cl)c(C)cc1Nc1nc(C)cc(Nc2ccc(F)cc2)n1. The fourth-order valence-electron chi connectivity index (χ4n) is 2.42. The Morgan fingerprint density at radius 2 is 1.73 bits per heavy atom. The summed E-state index contributed by atoms with van der Waals surface area (Å²) in [5.41, 5.74) is 3.13. The van der Waals surface area contributed by atoms with Crippen LogP contribution in [0.4, 0.5) is 27.5 Å². The Bertz CT molecular complexity index is 932. The largest absolute Gasteiger partial charge is 0.495 e. The molecule has 0 fully saturated rings. The Morgan fingerprint density at radius 1 is 1.00 bits per heavy atom. The number of halogens is 2. The molecular weight excluding hydrogens is 355 g/mol. The van der Waals surface area contributed by atoms with Crippen molar-refractivity contribution in [2.24, 2.45) is 0 Å². The highest BCUT2D eigenvalue weighted by molar-refractivity contribution is 6.31. The van der Waals surface area contributed by atoms with Gasteiger partial charge in [-0.1, -0.05) is 11.6 Å². The molecule has 0 spiro atoms. The number of aryl methyl sites for hydroxylation is 2. The number of benzene rings is 2. The van der Waals surface area contributed by atoms with Gasteiger partial charge in [0, 0.05) is 28.5 Å². The van der Waals surface area contributed by atoms with E-state index in [1.54, 1.807) is 31.4 Å². The second-order valence-electron chi connectivity index (χ2n) is 5.78. The molecule has 0 unspecified atom stereocenters. The van der Waals surface area contributed by atoms with Gasteiger partial charge in [0.25, 0.3) is 0 Å². The zero-order valence-corrected chi connectivity index (χ0v) is 15.4. The van der Waals surface area contributed by atoms with Crippen LogP contribution >= 0.6 is 11.6 Å². The smallest absolute Gasteiger partial charge is 0.229 e. The first-order valence-electron chi connectivity index (χ1n) is 7.94. The quantitative estimate of drug-likeness (QED) is 0.629. The molecule has 3 rings (SSSR count). The van der Waals surface area contributed by atoms with Crippen molar-refractivity contribution in [2.75, 3.05) is 17.7 Å². The maximum absolute atomic E-state index is 13.0. The highest BCUT2D eigenvalue weighted by Gasteiger charge is 2.10. The maximum atomic E-state index is 13.0. The van der Waals surface area contributed by atoms with Gasteiger partial charge in [-0.05, 0) is 49.7 Å². The van der Waals surface area contributed by atoms with E-state index in [2.05, 4.69) is 20.6 Å². The minimum Gasteiger partial charge on any atom is -0.495 e. The fraction of sp³-hybridized carbons (Fsp3) is 0.158. The van der Waals surface area contributed by atoms with E-state index < -0.39 is 0 Å². The predicted molar refractivity (Wildman–Crippen MR) is 102 cm³/mol. The van der Waals surface area contributed by atoms with Gasteiger partial charge in [0.1, 0.15) is 17.4 Å². The van der Waals surface area contributed by atoms with Crippen LogP contribution in [0, 0.1) is 19.7 Å². The molecular formula is C19H18ClFN4O. The monoisotopic (exact) mass is 372 g/mol. The third kappa shape index (κ3) is 4.21. The molecule has 0 aliphatic heterocycles. The highest BCUT2D eigenvalue weighted by Crippen LogP contribution is 2.32. The summed E-state index contributed by atoms with van der Waals surface area (Å²) >= 11 is 6.14. The Morgan fingerprint density at radius 3 is 2.42 bits per heavy atom. The molecule has 0 atom stereocenters. The van der Waals surface area contributed by atoms with E-state index in [-0.39, 0.29) is 5.82 Å². The molecule has 7 heteroatoms. The molecule has 0 saturated heterocycles. The third-order valence-electron chi connectivity index (χ3n) is 3.70. The van der Waals surface area contributed by atoms with Crippen molar-refractivity contribution in [3.63, 3.8) is 0 Å². The van der Waals surface area contributed by atoms with Crippen LogP contribution in [-0.2, 0) is 0 Å². The lowest BCUT2D eigenvalue weighted by atomic mass is 10.2. The average Bonchev–Trinajstić information content (AvgIpc) is 2.59. The Hall–Kier alpha value is -2.86. The van der Waals surface area contributed by atoms with Gasteiger partial charge in [-0.25, -0.2) is 9.37 Å². The van der Waals surface area contributed by atoms with Crippen LogP contribution in [0.3, 0.4) is 0 Å². The molecule has 1 heterocycles. The van der Waals surface area contributed by atoms with E-state index in [0.717, 1.165) is 16.9 Å². The summed E-state index contributed by atoms with van der Waals surface area (Å²) in [6.07, 6.45) is 0. The molecule has 3 aromatic rings. The van der Waals surface area contributed by atoms with Crippen molar-refractivity contribution in [2.45, 2.75) is 13.8 Å². The summed E-state index contributed by atoms with van der Waals surface area (Å²) in [5, 5.41) is 6.92. The average molecular weight is 373 g/mol. The first kappa shape index (κ1) is 17.9. The summed E-state index contributed by atoms with van der Waals surface area (Å²) in [6, 6.07) is 11.5. The zero-order chi connectivity index (χ0) is 18.7. The van der Waals surface area contributed by atoms with Gasteiger partial charge in [0.2, 0.25) is 5.95 Å². The third-order valence-corrected chi connectivity index (χ3v) is 4.11. The van der Waals surface area contributed by atoms with Crippen molar-refractivity contribution in [3.8, 4) is 5.75 Å². The lowest BCUT2D eigenvalue weighted by Crippen LogP contribution is -2.03. The second kappa shape index (κ2) is 7.58. The van der Waals surface area contributed by atoms with Gasteiger partial charge in [-0.3, -0.25) is 0 Å². The lowest BCUT2D eigenvalue weighted by Gasteiger charge is -2.13. The lowest BCUT2D eigenvalue weighted by molar-refractivity contribution is 0.416. The van der Waals surface area contributed by atoms with Gasteiger partial charge in [-0.15, -0.1) is 0 Å². The van der Waals surface area contributed by atoms with Crippen molar-refractivity contribution < 1.29 is 9.13 Å². The molecule has 0 amide bonds. The number of methoxy groups -OCH3 is 1. The predicted octanol–water partition coefficient (Wildman–Crippen LogP) is 5.38. The number of ether oxygens (including phenoxy) is 1. The molecule has 0 aliphatic carbocycles. The Kier molecular flexibility index (Phi) is 5.23. The Balaban J connectivity index is 1.88. The summed E-state index contributed by atoms with van der Waals surface area (Å²) in [5.74, 6) is 1.31. The van der Waals surface area contributed by atoms with E-state index in [1.807, 2.05) is 19.9 Å². The summed E-state index contributed by atoms with van der Waals surface area (Å²) in [4.78, 5) is 8.86. The first-order valence-corrected chi connectivity index (χ1v) is 8.32. The first-order chi connectivity index (χ1) is 12.4. The van der Waals surface area contributed by atoms with Gasteiger partial charge >= 0.3 is 0 Å². The Labute approximate surface area is 156 Å². The van der Waals surface area contributed by atoms with E-state index in [4.69, 9.17) is 16.3 Å². The zero-order valence-electron chi connectivity index (χ0n) is 14.6. The van der Waals surface area contributed by atoms with Crippen LogP contribution in [0.1, 0.15) is 11.3 Å². The van der Waals surface area contributed by atoms with Crippen molar-refractivity contribution >= 4 is 34.7 Å². The molecule has 0 radical (unpaired) electrons. The summed E-state index contributed by atoms with van der Waals surface area (Å²) < 4.78 is 18.4. The summed E-state index contributed by atoms with van der Waals surface area (Å²) in [6.45, 7) is 3.78.